The van der Waals surface area contributed by atoms with Gasteiger partial charge in [0, 0.05) is 5.56 Å². The highest BCUT2D eigenvalue weighted by Gasteiger charge is 2.12. The number of carboxylic acids is 1. The Balaban J connectivity index is 2.17. The van der Waals surface area contributed by atoms with Crippen molar-refractivity contribution in [2.24, 2.45) is 5.92 Å². The quantitative estimate of drug-likeness (QED) is 0.575. The Labute approximate surface area is 150 Å². The Morgan fingerprint density at radius 2 is 1.88 bits per heavy atom. The van der Waals surface area contributed by atoms with E-state index in [1.165, 1.54) is 12.8 Å². The summed E-state index contributed by atoms with van der Waals surface area (Å²) in [5, 5.41) is 9.06. The van der Waals surface area contributed by atoms with Crippen molar-refractivity contribution in [1.29, 1.82) is 0 Å². The molecule has 0 aromatic heterocycles. The van der Waals surface area contributed by atoms with Gasteiger partial charge in [0.2, 0.25) is 0 Å². The van der Waals surface area contributed by atoms with E-state index in [2.05, 4.69) is 31.2 Å². The summed E-state index contributed by atoms with van der Waals surface area (Å²) in [7, 11) is 0. The van der Waals surface area contributed by atoms with Crippen molar-refractivity contribution < 1.29 is 14.6 Å². The first kappa shape index (κ1) is 19.0. The maximum Gasteiger partial charge on any atom is 0.306 e. The van der Waals surface area contributed by atoms with E-state index in [-0.39, 0.29) is 5.92 Å². The second-order valence-electron chi connectivity index (χ2n) is 6.53. The molecule has 0 aliphatic heterocycles. The number of carboxylic acid groups (broad SMARTS) is 1. The van der Waals surface area contributed by atoms with E-state index in [0.717, 1.165) is 41.9 Å². The Morgan fingerprint density at radius 3 is 2.56 bits per heavy atom. The first-order chi connectivity index (χ1) is 12.1. The lowest BCUT2D eigenvalue weighted by Crippen LogP contribution is -2.10. The molecule has 0 saturated carbocycles. The second kappa shape index (κ2) is 9.87. The highest BCUT2D eigenvalue weighted by Crippen LogP contribution is 2.32. The van der Waals surface area contributed by atoms with Crippen LogP contribution in [0.3, 0.4) is 0 Å². The molecular formula is C22H28O3. The zero-order valence-corrected chi connectivity index (χ0v) is 15.2. The number of ether oxygens (including phenoxy) is 1. The van der Waals surface area contributed by atoms with E-state index >= 15 is 0 Å². The van der Waals surface area contributed by atoms with Crippen LogP contribution in [0.4, 0.5) is 0 Å². The third-order valence-electron chi connectivity index (χ3n) is 4.42. The van der Waals surface area contributed by atoms with Gasteiger partial charge in [0.05, 0.1) is 12.5 Å². The lowest BCUT2D eigenvalue weighted by atomic mass is 9.97. The molecule has 0 aliphatic rings. The van der Waals surface area contributed by atoms with Crippen molar-refractivity contribution in [2.45, 2.75) is 46.0 Å². The van der Waals surface area contributed by atoms with E-state index < -0.39 is 5.97 Å². The largest absolute Gasteiger partial charge is 0.493 e. The fraction of sp³-hybridized carbons (Fsp3) is 0.409. The Kier molecular flexibility index (Phi) is 7.52. The molecule has 0 bridgehead atoms. The van der Waals surface area contributed by atoms with Crippen molar-refractivity contribution in [2.75, 3.05) is 6.61 Å². The minimum absolute atomic E-state index is 0.329. The number of carbonyl (C=O) groups is 1. The van der Waals surface area contributed by atoms with Gasteiger partial charge in [-0.05, 0) is 42.5 Å². The number of aliphatic carboxylic acids is 1. The monoisotopic (exact) mass is 340 g/mol. The van der Waals surface area contributed by atoms with Crippen molar-refractivity contribution in [3.8, 4) is 16.9 Å². The van der Waals surface area contributed by atoms with Gasteiger partial charge in [-0.1, -0.05) is 63.1 Å². The van der Waals surface area contributed by atoms with E-state index in [9.17, 15) is 4.79 Å². The molecule has 0 radical (unpaired) electrons. The summed E-state index contributed by atoms with van der Waals surface area (Å²) < 4.78 is 6.02. The number of aryl methyl sites for hydroxylation is 1. The zero-order valence-electron chi connectivity index (χ0n) is 15.2. The van der Waals surface area contributed by atoms with Gasteiger partial charge < -0.3 is 9.84 Å². The summed E-state index contributed by atoms with van der Waals surface area (Å²) in [6.45, 7) is 4.66. The van der Waals surface area contributed by atoms with Crippen LogP contribution >= 0.6 is 0 Å². The van der Waals surface area contributed by atoms with Crippen LogP contribution in [-0.2, 0) is 11.2 Å². The fourth-order valence-electron chi connectivity index (χ4n) is 2.74. The van der Waals surface area contributed by atoms with Crippen molar-refractivity contribution in [3.63, 3.8) is 0 Å². The zero-order chi connectivity index (χ0) is 18.1. The van der Waals surface area contributed by atoms with E-state index in [1.54, 1.807) is 6.92 Å². The normalized spacial score (nSPS) is 11.9. The lowest BCUT2D eigenvalue weighted by molar-refractivity contribution is -0.141. The SMILES string of the molecule is CCCCCOc1ccc(CCC(C)C(=O)O)cc1-c1ccccc1. The summed E-state index contributed by atoms with van der Waals surface area (Å²) in [6, 6.07) is 16.4. The van der Waals surface area contributed by atoms with Gasteiger partial charge in [-0.15, -0.1) is 0 Å². The molecule has 134 valence electrons. The number of benzene rings is 2. The Morgan fingerprint density at radius 1 is 1.12 bits per heavy atom. The molecule has 1 atom stereocenters. The molecule has 0 spiro atoms. The molecule has 0 aliphatic carbocycles. The highest BCUT2D eigenvalue weighted by atomic mass is 16.5. The smallest absolute Gasteiger partial charge is 0.306 e. The van der Waals surface area contributed by atoms with E-state index in [1.807, 2.05) is 24.3 Å². The molecule has 1 unspecified atom stereocenters. The molecule has 0 amide bonds. The average Bonchev–Trinajstić information content (AvgIpc) is 2.64. The molecule has 0 heterocycles. The van der Waals surface area contributed by atoms with Crippen LogP contribution in [-0.4, -0.2) is 17.7 Å². The van der Waals surface area contributed by atoms with Crippen LogP contribution in [0.2, 0.25) is 0 Å². The summed E-state index contributed by atoms with van der Waals surface area (Å²) in [5.74, 6) is -0.165. The molecule has 0 saturated heterocycles. The van der Waals surface area contributed by atoms with E-state index in [0.29, 0.717) is 6.42 Å². The topological polar surface area (TPSA) is 46.5 Å². The number of unbranched alkanes of at least 4 members (excludes halogenated alkanes) is 2. The van der Waals surface area contributed by atoms with Crippen LogP contribution in [0.25, 0.3) is 11.1 Å². The van der Waals surface area contributed by atoms with Gasteiger partial charge in [0.25, 0.3) is 0 Å². The molecule has 2 aromatic carbocycles. The molecule has 25 heavy (non-hydrogen) atoms. The van der Waals surface area contributed by atoms with Gasteiger partial charge in [0.1, 0.15) is 5.75 Å². The first-order valence-electron chi connectivity index (χ1n) is 9.15. The maximum absolute atomic E-state index is 11.0. The molecule has 3 heteroatoms. The summed E-state index contributed by atoms with van der Waals surface area (Å²) in [5.41, 5.74) is 3.35. The van der Waals surface area contributed by atoms with Crippen LogP contribution in [0.5, 0.6) is 5.75 Å². The minimum Gasteiger partial charge on any atom is -0.493 e. The van der Waals surface area contributed by atoms with Crippen LogP contribution in [0.1, 0.15) is 45.1 Å². The van der Waals surface area contributed by atoms with Crippen LogP contribution in [0, 0.1) is 5.92 Å². The minimum atomic E-state index is -0.737. The molecule has 0 fully saturated rings. The predicted molar refractivity (Wildman–Crippen MR) is 102 cm³/mol. The fourth-order valence-corrected chi connectivity index (χ4v) is 2.74. The van der Waals surface area contributed by atoms with Gasteiger partial charge in [0.15, 0.2) is 0 Å². The number of rotatable bonds is 10. The summed E-state index contributed by atoms with van der Waals surface area (Å²) >= 11 is 0. The standard InChI is InChI=1S/C22H28O3/c1-3-4-8-15-25-21-14-13-18(12-11-17(2)22(23)24)16-20(21)19-9-6-5-7-10-19/h5-7,9-10,13-14,16-17H,3-4,8,11-12,15H2,1-2H3,(H,23,24). The van der Waals surface area contributed by atoms with Crippen molar-refractivity contribution in [1.82, 2.24) is 0 Å². The first-order valence-corrected chi connectivity index (χ1v) is 9.15. The number of hydrogen-bond donors (Lipinski definition) is 1. The molecule has 1 N–H and O–H groups in total. The molecule has 2 rings (SSSR count). The average molecular weight is 340 g/mol. The van der Waals surface area contributed by atoms with Gasteiger partial charge in [-0.2, -0.15) is 0 Å². The van der Waals surface area contributed by atoms with Gasteiger partial charge >= 0.3 is 5.97 Å². The van der Waals surface area contributed by atoms with Crippen molar-refractivity contribution >= 4 is 5.97 Å². The molecule has 3 nitrogen and oxygen atoms in total. The molecular weight excluding hydrogens is 312 g/mol. The van der Waals surface area contributed by atoms with Gasteiger partial charge in [-0.25, -0.2) is 0 Å². The predicted octanol–water partition coefficient (Wildman–Crippen LogP) is 5.58. The van der Waals surface area contributed by atoms with Gasteiger partial charge in [-0.3, -0.25) is 4.79 Å². The third kappa shape index (κ3) is 5.93. The summed E-state index contributed by atoms with van der Waals surface area (Å²) in [6.07, 6.45) is 4.80. The summed E-state index contributed by atoms with van der Waals surface area (Å²) in [4.78, 5) is 11.0. The van der Waals surface area contributed by atoms with Crippen LogP contribution < -0.4 is 4.74 Å². The second-order valence-corrected chi connectivity index (χ2v) is 6.53. The number of hydrogen-bond acceptors (Lipinski definition) is 2. The third-order valence-corrected chi connectivity index (χ3v) is 4.42. The molecule has 2 aromatic rings. The highest BCUT2D eigenvalue weighted by molar-refractivity contribution is 5.71. The van der Waals surface area contributed by atoms with Crippen molar-refractivity contribution in [3.05, 3.63) is 54.1 Å². The van der Waals surface area contributed by atoms with Crippen LogP contribution in [0.15, 0.2) is 48.5 Å². The Bertz CT molecular complexity index is 664. The lowest BCUT2D eigenvalue weighted by Gasteiger charge is -2.14. The maximum atomic E-state index is 11.0. The van der Waals surface area contributed by atoms with E-state index in [4.69, 9.17) is 9.84 Å². The Hall–Kier alpha value is -2.29.